The summed E-state index contributed by atoms with van der Waals surface area (Å²) in [6, 6.07) is 4.54. The van der Waals surface area contributed by atoms with E-state index >= 15 is 0 Å². The summed E-state index contributed by atoms with van der Waals surface area (Å²) >= 11 is 3.18. The second-order valence-corrected chi connectivity index (χ2v) is 6.42. The van der Waals surface area contributed by atoms with Gasteiger partial charge in [0.2, 0.25) is 11.7 Å². The molecule has 0 aromatic carbocycles. The van der Waals surface area contributed by atoms with Crippen molar-refractivity contribution in [3.63, 3.8) is 0 Å². The van der Waals surface area contributed by atoms with Crippen molar-refractivity contribution in [1.29, 1.82) is 0 Å². The highest BCUT2D eigenvalue weighted by Crippen LogP contribution is 2.37. The molecule has 1 aliphatic carbocycles. The van der Waals surface area contributed by atoms with Crippen molar-refractivity contribution in [2.45, 2.75) is 29.8 Å². The first-order valence-corrected chi connectivity index (χ1v) is 8.15. The van der Waals surface area contributed by atoms with E-state index in [2.05, 4.69) is 24.9 Å². The van der Waals surface area contributed by atoms with Crippen LogP contribution in [0.3, 0.4) is 0 Å². The number of nitrogens with zero attached hydrogens (tertiary/aromatic N) is 5. The summed E-state index contributed by atoms with van der Waals surface area (Å²) in [6.07, 6.45) is 4.23. The van der Waals surface area contributed by atoms with Crippen LogP contribution in [0.1, 0.15) is 24.8 Å². The van der Waals surface area contributed by atoms with Gasteiger partial charge >= 0.3 is 0 Å². The predicted molar refractivity (Wildman–Crippen MR) is 75.5 cm³/mol. The van der Waals surface area contributed by atoms with Gasteiger partial charge in [-0.25, -0.2) is 0 Å². The van der Waals surface area contributed by atoms with Crippen LogP contribution in [-0.4, -0.2) is 24.9 Å². The Bertz CT molecular complexity index is 701. The SMILES string of the molecule is c1csc(-c2noc(CSc3nncn3C3CC3)n2)c1. The van der Waals surface area contributed by atoms with Gasteiger partial charge in [-0.2, -0.15) is 4.98 Å². The van der Waals surface area contributed by atoms with Gasteiger partial charge in [-0.1, -0.05) is 23.0 Å². The van der Waals surface area contributed by atoms with Crippen LogP contribution >= 0.6 is 23.1 Å². The molecule has 20 heavy (non-hydrogen) atoms. The average Bonchev–Trinajstić information content (AvgIpc) is 2.93. The van der Waals surface area contributed by atoms with E-state index in [0.717, 1.165) is 10.0 Å². The molecule has 0 bridgehead atoms. The highest BCUT2D eigenvalue weighted by molar-refractivity contribution is 7.98. The first kappa shape index (κ1) is 12.1. The Morgan fingerprint density at radius 3 is 3.20 bits per heavy atom. The van der Waals surface area contributed by atoms with E-state index < -0.39 is 0 Å². The standard InChI is InChI=1S/C12H11N5OS2/c1-2-9(19-5-1)11-14-10(18-16-11)6-20-12-15-13-7-17(12)8-3-4-8/h1-2,5,7-8H,3-4,6H2. The molecule has 0 spiro atoms. The molecule has 0 unspecified atom stereocenters. The van der Waals surface area contributed by atoms with Crippen molar-refractivity contribution in [2.75, 3.05) is 0 Å². The summed E-state index contributed by atoms with van der Waals surface area (Å²) in [5, 5.41) is 15.0. The summed E-state index contributed by atoms with van der Waals surface area (Å²) in [7, 11) is 0. The van der Waals surface area contributed by atoms with Gasteiger partial charge in [-0.05, 0) is 24.3 Å². The Kier molecular flexibility index (Phi) is 3.04. The lowest BCUT2D eigenvalue weighted by molar-refractivity contribution is 0.391. The summed E-state index contributed by atoms with van der Waals surface area (Å²) in [5.74, 6) is 1.88. The van der Waals surface area contributed by atoms with Crippen LogP contribution in [0.5, 0.6) is 0 Å². The molecule has 0 radical (unpaired) electrons. The number of thiophene rings is 1. The lowest BCUT2D eigenvalue weighted by atomic mass is 10.4. The van der Waals surface area contributed by atoms with E-state index in [1.54, 1.807) is 29.4 Å². The summed E-state index contributed by atoms with van der Waals surface area (Å²) in [4.78, 5) is 5.42. The fourth-order valence-electron chi connectivity index (χ4n) is 1.88. The summed E-state index contributed by atoms with van der Waals surface area (Å²) < 4.78 is 7.40. The Morgan fingerprint density at radius 1 is 1.45 bits per heavy atom. The molecule has 8 heteroatoms. The molecule has 3 aromatic rings. The molecule has 1 fully saturated rings. The zero-order valence-electron chi connectivity index (χ0n) is 10.5. The smallest absolute Gasteiger partial charge is 0.237 e. The average molecular weight is 305 g/mol. The minimum atomic E-state index is 0.580. The molecule has 0 atom stereocenters. The molecular formula is C12H11N5OS2. The number of thioether (sulfide) groups is 1. The van der Waals surface area contributed by atoms with Gasteiger partial charge in [-0.3, -0.25) is 0 Å². The van der Waals surface area contributed by atoms with Gasteiger partial charge in [0.05, 0.1) is 10.6 Å². The molecule has 102 valence electrons. The zero-order valence-corrected chi connectivity index (χ0v) is 12.1. The predicted octanol–water partition coefficient (Wildman–Crippen LogP) is 3.02. The number of hydrogen-bond donors (Lipinski definition) is 0. The minimum Gasteiger partial charge on any atom is -0.338 e. The topological polar surface area (TPSA) is 69.6 Å². The lowest BCUT2D eigenvalue weighted by Crippen LogP contribution is -1.94. The number of aromatic nitrogens is 5. The third-order valence-corrected chi connectivity index (χ3v) is 4.82. The van der Waals surface area contributed by atoms with Gasteiger partial charge in [0.15, 0.2) is 5.16 Å². The maximum atomic E-state index is 5.27. The molecule has 1 saturated carbocycles. The van der Waals surface area contributed by atoms with E-state index in [1.807, 2.05) is 17.5 Å². The molecule has 0 saturated heterocycles. The molecular weight excluding hydrogens is 294 g/mol. The molecule has 0 N–H and O–H groups in total. The fourth-order valence-corrected chi connectivity index (χ4v) is 3.35. The number of rotatable bonds is 5. The van der Waals surface area contributed by atoms with Gasteiger partial charge < -0.3 is 9.09 Å². The maximum absolute atomic E-state index is 5.27. The van der Waals surface area contributed by atoms with E-state index in [9.17, 15) is 0 Å². The second-order valence-electron chi connectivity index (χ2n) is 4.53. The zero-order chi connectivity index (χ0) is 13.4. The molecule has 3 aromatic heterocycles. The van der Waals surface area contributed by atoms with Gasteiger partial charge in [0.25, 0.3) is 0 Å². The van der Waals surface area contributed by atoms with Crippen LogP contribution in [0.25, 0.3) is 10.7 Å². The van der Waals surface area contributed by atoms with Gasteiger partial charge in [-0.15, -0.1) is 21.5 Å². The molecule has 0 amide bonds. The maximum Gasteiger partial charge on any atom is 0.237 e. The van der Waals surface area contributed by atoms with Crippen LogP contribution in [-0.2, 0) is 5.75 Å². The van der Waals surface area contributed by atoms with Crippen LogP contribution in [0, 0.1) is 0 Å². The Labute approximate surface area is 123 Å². The van der Waals surface area contributed by atoms with Crippen LogP contribution < -0.4 is 0 Å². The highest BCUT2D eigenvalue weighted by atomic mass is 32.2. The Morgan fingerprint density at radius 2 is 2.40 bits per heavy atom. The highest BCUT2D eigenvalue weighted by Gasteiger charge is 2.26. The molecule has 0 aliphatic heterocycles. The fraction of sp³-hybridized carbons (Fsp3) is 0.333. The Hall–Kier alpha value is -1.67. The van der Waals surface area contributed by atoms with Crippen molar-refractivity contribution >= 4 is 23.1 Å². The molecule has 4 rings (SSSR count). The normalized spacial score (nSPS) is 14.8. The quantitative estimate of drug-likeness (QED) is 0.675. The first-order valence-electron chi connectivity index (χ1n) is 6.29. The van der Waals surface area contributed by atoms with E-state index in [4.69, 9.17) is 4.52 Å². The van der Waals surface area contributed by atoms with Crippen LogP contribution in [0.15, 0.2) is 33.5 Å². The third kappa shape index (κ3) is 2.36. The van der Waals surface area contributed by atoms with E-state index in [1.165, 1.54) is 12.8 Å². The van der Waals surface area contributed by atoms with Gasteiger partial charge in [0.1, 0.15) is 6.33 Å². The third-order valence-electron chi connectivity index (χ3n) is 3.01. The number of hydrogen-bond acceptors (Lipinski definition) is 7. The van der Waals surface area contributed by atoms with Gasteiger partial charge in [0, 0.05) is 6.04 Å². The lowest BCUT2D eigenvalue weighted by Gasteiger charge is -2.01. The van der Waals surface area contributed by atoms with Crippen molar-refractivity contribution in [3.8, 4) is 10.7 Å². The van der Waals surface area contributed by atoms with Crippen molar-refractivity contribution in [2.24, 2.45) is 0 Å². The van der Waals surface area contributed by atoms with E-state index in [0.29, 0.717) is 23.5 Å². The summed E-state index contributed by atoms with van der Waals surface area (Å²) in [6.45, 7) is 0. The monoisotopic (exact) mass is 305 g/mol. The van der Waals surface area contributed by atoms with Crippen LogP contribution in [0.2, 0.25) is 0 Å². The van der Waals surface area contributed by atoms with Crippen molar-refractivity contribution < 1.29 is 4.52 Å². The second kappa shape index (κ2) is 5.02. The first-order chi connectivity index (χ1) is 9.90. The van der Waals surface area contributed by atoms with Crippen molar-refractivity contribution in [3.05, 3.63) is 29.7 Å². The van der Waals surface area contributed by atoms with E-state index in [-0.39, 0.29) is 0 Å². The van der Waals surface area contributed by atoms with Crippen molar-refractivity contribution in [1.82, 2.24) is 24.9 Å². The summed E-state index contributed by atoms with van der Waals surface area (Å²) in [5.41, 5.74) is 0. The van der Waals surface area contributed by atoms with Crippen LogP contribution in [0.4, 0.5) is 0 Å². The molecule has 3 heterocycles. The molecule has 6 nitrogen and oxygen atoms in total. The minimum absolute atomic E-state index is 0.580. The largest absolute Gasteiger partial charge is 0.338 e. The molecule has 1 aliphatic rings. The Balaban J connectivity index is 1.45.